The Bertz CT molecular complexity index is 1000. The molecule has 1 amide bonds. The number of fused-ring (bicyclic) bond motifs is 1. The number of carbonyl (C=O) groups is 2. The molecule has 1 heterocycles. The summed E-state index contributed by atoms with van der Waals surface area (Å²) in [5, 5.41) is 17.6. The standard InChI is InChI=1S/C24H26N2O3/c1-16-6-5-11-25-21(13-17(2)12-16)15-22(24(28)29)26-23(27)20-10-9-18-7-3-4-8-19(18)14-20/h3-10,12-14,17,22,25H,11,15H2,1-2H3,(H,26,27)(H,28,29)/b6-5-,16-12-,21-13-. The van der Waals surface area contributed by atoms with Crippen molar-refractivity contribution >= 4 is 22.6 Å². The van der Waals surface area contributed by atoms with Gasteiger partial charge in [-0.3, -0.25) is 4.79 Å². The molecule has 0 saturated heterocycles. The van der Waals surface area contributed by atoms with E-state index < -0.39 is 17.9 Å². The second-order valence-electron chi connectivity index (χ2n) is 7.38. The Kier molecular flexibility index (Phi) is 6.50. The number of rotatable bonds is 5. The van der Waals surface area contributed by atoms with Crippen molar-refractivity contribution in [2.75, 3.05) is 6.54 Å². The maximum Gasteiger partial charge on any atom is 0.326 e. The number of carbonyl (C=O) groups excluding carboxylic acids is 1. The summed E-state index contributed by atoms with van der Waals surface area (Å²) in [6.07, 6.45) is 8.36. The molecule has 29 heavy (non-hydrogen) atoms. The van der Waals surface area contributed by atoms with Crippen LogP contribution in [0.4, 0.5) is 0 Å². The molecule has 0 fully saturated rings. The second kappa shape index (κ2) is 9.24. The van der Waals surface area contributed by atoms with Crippen LogP contribution in [-0.4, -0.2) is 29.6 Å². The van der Waals surface area contributed by atoms with Crippen molar-refractivity contribution in [2.24, 2.45) is 5.92 Å². The monoisotopic (exact) mass is 390 g/mol. The first kappa shape index (κ1) is 20.4. The molecule has 0 aromatic heterocycles. The number of carboxylic acids is 1. The lowest BCUT2D eigenvalue weighted by Gasteiger charge is -2.18. The normalized spacial score (nSPS) is 22.5. The smallest absolute Gasteiger partial charge is 0.326 e. The Labute approximate surface area is 170 Å². The van der Waals surface area contributed by atoms with E-state index in [9.17, 15) is 14.7 Å². The van der Waals surface area contributed by atoms with Crippen molar-refractivity contribution in [1.29, 1.82) is 0 Å². The van der Waals surface area contributed by atoms with Gasteiger partial charge in [-0.1, -0.05) is 67.1 Å². The van der Waals surface area contributed by atoms with Crippen LogP contribution in [0.3, 0.4) is 0 Å². The van der Waals surface area contributed by atoms with Gasteiger partial charge in [0, 0.05) is 24.2 Å². The molecular weight excluding hydrogens is 364 g/mol. The molecule has 5 nitrogen and oxygen atoms in total. The molecule has 0 aliphatic carbocycles. The van der Waals surface area contributed by atoms with Crippen LogP contribution < -0.4 is 10.6 Å². The van der Waals surface area contributed by atoms with Gasteiger partial charge in [0.25, 0.3) is 5.91 Å². The Morgan fingerprint density at radius 3 is 2.69 bits per heavy atom. The fraction of sp³-hybridized carbons (Fsp3) is 0.250. The lowest BCUT2D eigenvalue weighted by atomic mass is 10.0. The van der Waals surface area contributed by atoms with E-state index in [4.69, 9.17) is 0 Å². The summed E-state index contributed by atoms with van der Waals surface area (Å²) in [5.74, 6) is -1.29. The van der Waals surface area contributed by atoms with Gasteiger partial charge < -0.3 is 15.7 Å². The van der Waals surface area contributed by atoms with Crippen molar-refractivity contribution in [3.05, 3.63) is 83.6 Å². The molecule has 3 rings (SSSR count). The zero-order valence-corrected chi connectivity index (χ0v) is 16.7. The molecule has 2 aromatic carbocycles. The van der Waals surface area contributed by atoms with Crippen molar-refractivity contribution in [3.8, 4) is 0 Å². The molecule has 3 N–H and O–H groups in total. The van der Waals surface area contributed by atoms with Gasteiger partial charge in [0.05, 0.1) is 0 Å². The fourth-order valence-corrected chi connectivity index (χ4v) is 3.46. The number of benzene rings is 2. The summed E-state index contributed by atoms with van der Waals surface area (Å²) in [6.45, 7) is 4.69. The summed E-state index contributed by atoms with van der Waals surface area (Å²) < 4.78 is 0. The van der Waals surface area contributed by atoms with Gasteiger partial charge in [-0.15, -0.1) is 0 Å². The van der Waals surface area contributed by atoms with Crippen LogP contribution in [-0.2, 0) is 4.79 Å². The van der Waals surface area contributed by atoms with Gasteiger partial charge in [0.15, 0.2) is 0 Å². The largest absolute Gasteiger partial charge is 0.480 e. The molecule has 2 aromatic rings. The van der Waals surface area contributed by atoms with Crippen LogP contribution in [0.25, 0.3) is 10.8 Å². The van der Waals surface area contributed by atoms with Gasteiger partial charge >= 0.3 is 5.97 Å². The maximum atomic E-state index is 12.7. The lowest BCUT2D eigenvalue weighted by Crippen LogP contribution is -2.42. The number of nitrogens with one attached hydrogen (secondary N) is 2. The van der Waals surface area contributed by atoms with E-state index in [-0.39, 0.29) is 12.3 Å². The minimum atomic E-state index is -1.06. The van der Waals surface area contributed by atoms with E-state index in [1.54, 1.807) is 12.1 Å². The molecule has 5 heteroatoms. The second-order valence-corrected chi connectivity index (χ2v) is 7.38. The Morgan fingerprint density at radius 1 is 1.17 bits per heavy atom. The van der Waals surface area contributed by atoms with Crippen molar-refractivity contribution in [3.63, 3.8) is 0 Å². The van der Waals surface area contributed by atoms with E-state index in [1.165, 1.54) is 0 Å². The molecule has 0 radical (unpaired) electrons. The van der Waals surface area contributed by atoms with Gasteiger partial charge in [0.1, 0.15) is 6.04 Å². The third-order valence-electron chi connectivity index (χ3n) is 4.86. The SMILES string of the molecule is CC1=C/C(C)/C=C(/CC(NC(=O)c2ccc3ccccc3c2)C(=O)O)NC/C=C\1. The molecule has 0 saturated carbocycles. The van der Waals surface area contributed by atoms with Crippen molar-refractivity contribution in [1.82, 2.24) is 10.6 Å². The predicted octanol–water partition coefficient (Wildman–Crippen LogP) is 4.04. The molecule has 1 aliphatic rings. The number of amides is 1. The highest BCUT2D eigenvalue weighted by Crippen LogP contribution is 2.17. The van der Waals surface area contributed by atoms with Gasteiger partial charge in [0.2, 0.25) is 0 Å². The third-order valence-corrected chi connectivity index (χ3v) is 4.86. The Balaban J connectivity index is 1.76. The first-order chi connectivity index (χ1) is 13.9. The molecule has 2 atom stereocenters. The summed E-state index contributed by atoms with van der Waals surface area (Å²) in [5.41, 5.74) is 2.41. The number of aliphatic carboxylic acids is 1. The van der Waals surface area contributed by atoms with Crippen LogP contribution in [0.15, 0.2) is 78.0 Å². The highest BCUT2D eigenvalue weighted by atomic mass is 16.4. The van der Waals surface area contributed by atoms with E-state index in [2.05, 4.69) is 16.7 Å². The zero-order valence-electron chi connectivity index (χ0n) is 16.7. The van der Waals surface area contributed by atoms with E-state index in [1.807, 2.05) is 62.4 Å². The van der Waals surface area contributed by atoms with Crippen LogP contribution in [0, 0.1) is 5.92 Å². The Hall–Kier alpha value is -3.34. The average molecular weight is 390 g/mol. The molecule has 1 aliphatic heterocycles. The highest BCUT2D eigenvalue weighted by molar-refractivity contribution is 6.00. The van der Waals surface area contributed by atoms with E-state index in [0.29, 0.717) is 12.1 Å². The van der Waals surface area contributed by atoms with Crippen LogP contribution in [0.2, 0.25) is 0 Å². The molecule has 2 unspecified atom stereocenters. The summed E-state index contributed by atoms with van der Waals surface area (Å²) in [4.78, 5) is 24.5. The van der Waals surface area contributed by atoms with E-state index in [0.717, 1.165) is 22.0 Å². The van der Waals surface area contributed by atoms with Crippen molar-refractivity contribution < 1.29 is 14.7 Å². The van der Waals surface area contributed by atoms with Crippen LogP contribution in [0.1, 0.15) is 30.6 Å². The number of hydrogen-bond donors (Lipinski definition) is 3. The average Bonchev–Trinajstić information content (AvgIpc) is 2.76. The number of carboxylic acid groups (broad SMARTS) is 1. The third kappa shape index (κ3) is 5.57. The molecule has 150 valence electrons. The summed E-state index contributed by atoms with van der Waals surface area (Å²) in [6, 6.07) is 12.1. The fourth-order valence-electron chi connectivity index (χ4n) is 3.46. The summed E-state index contributed by atoms with van der Waals surface area (Å²) in [7, 11) is 0. The first-order valence-corrected chi connectivity index (χ1v) is 9.74. The van der Waals surface area contributed by atoms with E-state index >= 15 is 0 Å². The number of allylic oxidation sites excluding steroid dienone is 4. The van der Waals surface area contributed by atoms with Crippen molar-refractivity contribution in [2.45, 2.75) is 26.3 Å². The first-order valence-electron chi connectivity index (χ1n) is 9.74. The maximum absolute atomic E-state index is 12.7. The summed E-state index contributed by atoms with van der Waals surface area (Å²) >= 11 is 0. The van der Waals surface area contributed by atoms with Gasteiger partial charge in [-0.2, -0.15) is 0 Å². The number of hydrogen-bond acceptors (Lipinski definition) is 3. The van der Waals surface area contributed by atoms with Crippen LogP contribution in [0.5, 0.6) is 0 Å². The lowest BCUT2D eigenvalue weighted by molar-refractivity contribution is -0.139. The minimum absolute atomic E-state index is 0.158. The topological polar surface area (TPSA) is 78.4 Å². The predicted molar refractivity (Wildman–Crippen MR) is 116 cm³/mol. The van der Waals surface area contributed by atoms with Gasteiger partial charge in [-0.25, -0.2) is 4.79 Å². The van der Waals surface area contributed by atoms with Gasteiger partial charge in [-0.05, 0) is 35.7 Å². The zero-order chi connectivity index (χ0) is 20.8. The molecule has 0 bridgehead atoms. The van der Waals surface area contributed by atoms with Crippen LogP contribution >= 0.6 is 0 Å². The molecular formula is C24H26N2O3. The molecule has 0 spiro atoms. The quantitative estimate of drug-likeness (QED) is 0.720. The minimum Gasteiger partial charge on any atom is -0.480 e. The Morgan fingerprint density at radius 2 is 1.93 bits per heavy atom. The highest BCUT2D eigenvalue weighted by Gasteiger charge is 2.22.